The molecule has 5 rings (SSSR count). The first-order chi connectivity index (χ1) is 17.1. The first kappa shape index (κ1) is 23.1. The van der Waals surface area contributed by atoms with Crippen LogP contribution in [0, 0.1) is 0 Å². The number of fused-ring (bicyclic) bond motifs is 1. The minimum absolute atomic E-state index is 0.110. The highest BCUT2D eigenvalue weighted by Gasteiger charge is 2.24. The van der Waals surface area contributed by atoms with E-state index in [4.69, 9.17) is 4.74 Å². The maximum absolute atomic E-state index is 12.5. The number of likely N-dealkylation sites (tertiary alicyclic amines) is 1. The highest BCUT2D eigenvalue weighted by Crippen LogP contribution is 2.22. The minimum atomic E-state index is 0.110. The van der Waals surface area contributed by atoms with Gasteiger partial charge >= 0.3 is 0 Å². The highest BCUT2D eigenvalue weighted by atomic mass is 16.5. The van der Waals surface area contributed by atoms with Gasteiger partial charge in [-0.15, -0.1) is 0 Å². The van der Waals surface area contributed by atoms with E-state index in [2.05, 4.69) is 64.5 Å². The van der Waals surface area contributed by atoms with Gasteiger partial charge in [-0.1, -0.05) is 30.3 Å². The number of benzene rings is 2. The lowest BCUT2D eigenvalue weighted by Gasteiger charge is -2.32. The third-order valence-corrected chi connectivity index (χ3v) is 6.48. The number of carbonyl (C=O) groups is 1. The number of ether oxygens (including phenoxy) is 1. The Hall–Kier alpha value is -3.71. The Morgan fingerprint density at radius 2 is 1.89 bits per heavy atom. The van der Waals surface area contributed by atoms with Crippen molar-refractivity contribution >= 4 is 16.8 Å². The van der Waals surface area contributed by atoms with Crippen LogP contribution < -0.4 is 4.74 Å². The fourth-order valence-corrected chi connectivity index (χ4v) is 4.73. The molecule has 1 aliphatic heterocycles. The molecule has 7 nitrogen and oxygen atoms in total. The van der Waals surface area contributed by atoms with Gasteiger partial charge in [-0.3, -0.25) is 19.4 Å². The van der Waals surface area contributed by atoms with Gasteiger partial charge in [0.15, 0.2) is 0 Å². The van der Waals surface area contributed by atoms with Gasteiger partial charge in [0.05, 0.1) is 5.52 Å². The molecule has 2 aromatic carbocycles. The molecule has 1 fully saturated rings. The smallest absolute Gasteiger partial charge is 0.244 e. The van der Waals surface area contributed by atoms with Crippen molar-refractivity contribution in [3.05, 3.63) is 90.4 Å². The largest absolute Gasteiger partial charge is 0.490 e. The number of hydrogen-bond donors (Lipinski definition) is 0. The average Bonchev–Trinajstić information content (AvgIpc) is 3.38. The summed E-state index contributed by atoms with van der Waals surface area (Å²) in [4.78, 5) is 21.2. The van der Waals surface area contributed by atoms with Crippen molar-refractivity contribution in [2.45, 2.75) is 38.6 Å². The summed E-state index contributed by atoms with van der Waals surface area (Å²) < 4.78 is 7.98. The summed E-state index contributed by atoms with van der Waals surface area (Å²) in [6.45, 7) is 3.40. The van der Waals surface area contributed by atoms with E-state index in [-0.39, 0.29) is 12.0 Å². The summed E-state index contributed by atoms with van der Waals surface area (Å²) in [7, 11) is 2.14. The van der Waals surface area contributed by atoms with Crippen molar-refractivity contribution in [1.29, 1.82) is 0 Å². The van der Waals surface area contributed by atoms with E-state index < -0.39 is 0 Å². The lowest BCUT2D eigenvalue weighted by molar-refractivity contribution is -0.133. The molecule has 0 saturated carbocycles. The molecule has 0 unspecified atom stereocenters. The first-order valence-electron chi connectivity index (χ1n) is 12.2. The van der Waals surface area contributed by atoms with Crippen LogP contribution >= 0.6 is 0 Å². The summed E-state index contributed by atoms with van der Waals surface area (Å²) in [6, 6.07) is 20.6. The number of amides is 1. The maximum atomic E-state index is 12.5. The third-order valence-electron chi connectivity index (χ3n) is 6.48. The van der Waals surface area contributed by atoms with E-state index in [0.717, 1.165) is 37.2 Å². The fraction of sp³-hybridized carbons (Fsp3) is 0.321. The van der Waals surface area contributed by atoms with Crippen LogP contribution in [0.2, 0.25) is 0 Å². The van der Waals surface area contributed by atoms with Gasteiger partial charge in [-0.2, -0.15) is 5.10 Å². The Labute approximate surface area is 205 Å². The topological polar surface area (TPSA) is 63.5 Å². The Kier molecular flexibility index (Phi) is 7.04. The number of aromatic nitrogens is 3. The van der Waals surface area contributed by atoms with Crippen LogP contribution in [0.5, 0.6) is 5.75 Å². The number of nitrogens with zero attached hydrogens (tertiary/aromatic N) is 5. The Bertz CT molecular complexity index is 1260. The van der Waals surface area contributed by atoms with E-state index in [1.54, 1.807) is 10.9 Å². The SMILES string of the molecule is CN(Cc1cccc(OC2CCN(C(=O)Cn3cccn3)CC2)c1)Cc1cccc2ncccc12. The molecule has 1 amide bonds. The normalized spacial score (nSPS) is 14.5. The van der Waals surface area contributed by atoms with Crippen LogP contribution in [0.4, 0.5) is 0 Å². The highest BCUT2D eigenvalue weighted by molar-refractivity contribution is 5.81. The predicted molar refractivity (Wildman–Crippen MR) is 136 cm³/mol. The van der Waals surface area contributed by atoms with Gasteiger partial charge in [0.2, 0.25) is 5.91 Å². The third kappa shape index (κ3) is 5.87. The molecule has 1 saturated heterocycles. The molecular formula is C28H31N5O2. The molecule has 180 valence electrons. The second kappa shape index (κ2) is 10.7. The molecule has 7 heteroatoms. The quantitative estimate of drug-likeness (QED) is 0.388. The zero-order valence-corrected chi connectivity index (χ0v) is 20.1. The van der Waals surface area contributed by atoms with Crippen molar-refractivity contribution in [2.24, 2.45) is 0 Å². The van der Waals surface area contributed by atoms with E-state index in [0.29, 0.717) is 19.6 Å². The summed E-state index contributed by atoms with van der Waals surface area (Å²) >= 11 is 0. The zero-order valence-electron chi connectivity index (χ0n) is 20.1. The molecule has 35 heavy (non-hydrogen) atoms. The zero-order chi connectivity index (χ0) is 24.0. The van der Waals surface area contributed by atoms with Crippen LogP contribution in [0.1, 0.15) is 24.0 Å². The van der Waals surface area contributed by atoms with Crippen LogP contribution in [0.3, 0.4) is 0 Å². The standard InChI is InChI=1S/C28H31N5O2/c1-31(20-23-7-3-10-27-26(23)9-4-13-29-27)19-22-6-2-8-25(18-22)35-24-11-16-32(17-12-24)28(34)21-33-15-5-14-30-33/h2-10,13-15,18,24H,11-12,16-17,19-21H2,1H3. The number of carbonyl (C=O) groups excluding carboxylic acids is 1. The van der Waals surface area contributed by atoms with Gasteiger partial charge in [-0.25, -0.2) is 0 Å². The van der Waals surface area contributed by atoms with Crippen LogP contribution in [-0.2, 0) is 24.4 Å². The number of rotatable bonds is 8. The summed E-state index contributed by atoms with van der Waals surface area (Å²) in [5.41, 5.74) is 3.53. The molecule has 0 atom stereocenters. The Morgan fingerprint density at radius 1 is 1.03 bits per heavy atom. The molecule has 1 aliphatic rings. The van der Waals surface area contributed by atoms with Gasteiger partial charge in [-0.05, 0) is 48.5 Å². The Balaban J connectivity index is 1.13. The molecule has 2 aromatic heterocycles. The molecule has 0 N–H and O–H groups in total. The van der Waals surface area contributed by atoms with E-state index >= 15 is 0 Å². The van der Waals surface area contributed by atoms with Crippen LogP contribution in [0.15, 0.2) is 79.3 Å². The van der Waals surface area contributed by atoms with Gasteiger partial charge in [0.25, 0.3) is 0 Å². The summed E-state index contributed by atoms with van der Waals surface area (Å²) in [6.07, 6.45) is 7.15. The van der Waals surface area contributed by atoms with Crippen molar-refractivity contribution in [3.63, 3.8) is 0 Å². The van der Waals surface area contributed by atoms with Crippen molar-refractivity contribution in [2.75, 3.05) is 20.1 Å². The monoisotopic (exact) mass is 469 g/mol. The second-order valence-electron chi connectivity index (χ2n) is 9.21. The van der Waals surface area contributed by atoms with Crippen molar-refractivity contribution in [3.8, 4) is 5.75 Å². The van der Waals surface area contributed by atoms with E-state index in [1.807, 2.05) is 35.5 Å². The second-order valence-corrected chi connectivity index (χ2v) is 9.21. The Morgan fingerprint density at radius 3 is 2.71 bits per heavy atom. The predicted octanol–water partition coefficient (Wildman–Crippen LogP) is 4.13. The van der Waals surface area contributed by atoms with Gasteiger partial charge in [0.1, 0.15) is 18.4 Å². The summed E-state index contributed by atoms with van der Waals surface area (Å²) in [5, 5.41) is 5.33. The summed E-state index contributed by atoms with van der Waals surface area (Å²) in [5.74, 6) is 1.01. The van der Waals surface area contributed by atoms with Crippen molar-refractivity contribution in [1.82, 2.24) is 24.6 Å². The number of piperidine rings is 1. The fourth-order valence-electron chi connectivity index (χ4n) is 4.73. The number of pyridine rings is 1. The lowest BCUT2D eigenvalue weighted by Crippen LogP contribution is -2.43. The van der Waals surface area contributed by atoms with E-state index in [9.17, 15) is 4.79 Å². The van der Waals surface area contributed by atoms with E-state index in [1.165, 1.54) is 16.5 Å². The molecule has 0 aliphatic carbocycles. The molecule has 3 heterocycles. The van der Waals surface area contributed by atoms with Crippen LogP contribution in [-0.4, -0.2) is 56.7 Å². The molecule has 4 aromatic rings. The molecule has 0 radical (unpaired) electrons. The van der Waals surface area contributed by atoms with Gasteiger partial charge < -0.3 is 9.64 Å². The van der Waals surface area contributed by atoms with Gasteiger partial charge in [0, 0.05) is 63.0 Å². The van der Waals surface area contributed by atoms with Crippen molar-refractivity contribution < 1.29 is 9.53 Å². The maximum Gasteiger partial charge on any atom is 0.244 e. The average molecular weight is 470 g/mol. The molecular weight excluding hydrogens is 438 g/mol. The van der Waals surface area contributed by atoms with Crippen LogP contribution in [0.25, 0.3) is 10.9 Å². The first-order valence-corrected chi connectivity index (χ1v) is 12.2. The lowest BCUT2D eigenvalue weighted by atomic mass is 10.1. The molecule has 0 bridgehead atoms. The molecule has 0 spiro atoms. The number of hydrogen-bond acceptors (Lipinski definition) is 5. The minimum Gasteiger partial charge on any atom is -0.490 e.